The minimum Gasteiger partial charge on any atom is -0.462 e. The van der Waals surface area contributed by atoms with Crippen molar-refractivity contribution in [2.24, 2.45) is 5.41 Å². The summed E-state index contributed by atoms with van der Waals surface area (Å²) in [6, 6.07) is 6.90. The molecule has 0 radical (unpaired) electrons. The van der Waals surface area contributed by atoms with Gasteiger partial charge in [0.05, 0.1) is 17.7 Å². The van der Waals surface area contributed by atoms with Gasteiger partial charge < -0.3 is 10.1 Å². The zero-order valence-electron chi connectivity index (χ0n) is 24.2. The molecular weight excluding hydrogens is 474 g/mol. The molecule has 0 heterocycles. The summed E-state index contributed by atoms with van der Waals surface area (Å²) in [5.41, 5.74) is 1.15. The van der Waals surface area contributed by atoms with Gasteiger partial charge in [-0.3, -0.25) is 9.59 Å². The van der Waals surface area contributed by atoms with Crippen molar-refractivity contribution in [3.63, 3.8) is 0 Å². The topological polar surface area (TPSA) is 72.5 Å². The number of hydrogen-bond acceptors (Lipinski definition) is 5. The molecule has 0 saturated heterocycles. The maximum Gasteiger partial charge on any atom is 0.338 e. The predicted octanol–water partition coefficient (Wildman–Crippen LogP) is 8.97. The van der Waals surface area contributed by atoms with Gasteiger partial charge in [-0.1, -0.05) is 111 Å². The molecule has 1 saturated carbocycles. The van der Waals surface area contributed by atoms with E-state index in [0.717, 1.165) is 12.8 Å². The Balaban J connectivity index is 1.50. The summed E-state index contributed by atoms with van der Waals surface area (Å²) in [5.74, 6) is -0.573. The lowest BCUT2D eigenvalue weighted by Crippen LogP contribution is -2.31. The van der Waals surface area contributed by atoms with Crippen molar-refractivity contribution in [1.82, 2.24) is 0 Å². The predicted molar refractivity (Wildman–Crippen MR) is 156 cm³/mol. The quantitative estimate of drug-likeness (QED) is 0.0844. The zero-order valence-corrected chi connectivity index (χ0v) is 24.2. The zero-order chi connectivity index (χ0) is 27.6. The van der Waals surface area contributed by atoms with E-state index in [1.807, 2.05) is 13.8 Å². The molecule has 212 valence electrons. The number of esters is 1. The van der Waals surface area contributed by atoms with Crippen LogP contribution in [-0.4, -0.2) is 24.1 Å². The van der Waals surface area contributed by atoms with E-state index in [2.05, 4.69) is 12.2 Å². The van der Waals surface area contributed by atoms with Crippen LogP contribution >= 0.6 is 0 Å². The number of Topliss-reactive ketones (excluding diaryl/α,β-unsaturated/α-hetero) is 2. The van der Waals surface area contributed by atoms with Crippen molar-refractivity contribution in [3.05, 3.63) is 41.6 Å². The number of hydrogen-bond donors (Lipinski definition) is 1. The number of unbranched alkanes of at least 4 members (excludes halogenated alkanes) is 14. The molecule has 0 atom stereocenters. The van der Waals surface area contributed by atoms with E-state index in [1.165, 1.54) is 89.7 Å². The van der Waals surface area contributed by atoms with Gasteiger partial charge in [-0.15, -0.1) is 0 Å². The third kappa shape index (κ3) is 12.9. The fraction of sp³-hybridized carbons (Fsp3) is 0.667. The molecule has 0 spiro atoms. The third-order valence-corrected chi connectivity index (χ3v) is 7.36. The standard InChI is InChI=1S/C33H51NO4/c1-4-5-6-7-8-9-10-11-12-13-14-15-16-17-18-23-38-32(37)27-19-21-28(22-20-27)34-26-29-30(35)24-33(2,3)25-31(29)36/h19-22,26,34H,4-18,23-25H2,1-3H3. The van der Waals surface area contributed by atoms with Crippen LogP contribution < -0.4 is 5.32 Å². The van der Waals surface area contributed by atoms with E-state index in [0.29, 0.717) is 30.7 Å². The van der Waals surface area contributed by atoms with Gasteiger partial charge in [-0.2, -0.15) is 0 Å². The Labute approximate surface area is 231 Å². The maximum atomic E-state index is 12.3. The lowest BCUT2D eigenvalue weighted by molar-refractivity contribution is -0.127. The van der Waals surface area contributed by atoms with Crippen molar-refractivity contribution in [2.45, 2.75) is 130 Å². The molecule has 38 heavy (non-hydrogen) atoms. The lowest BCUT2D eigenvalue weighted by Gasteiger charge is -2.28. The summed E-state index contributed by atoms with van der Waals surface area (Å²) in [4.78, 5) is 36.9. The summed E-state index contributed by atoms with van der Waals surface area (Å²) in [7, 11) is 0. The first-order chi connectivity index (χ1) is 18.3. The molecule has 1 aromatic carbocycles. The first kappa shape index (κ1) is 31.8. The van der Waals surface area contributed by atoms with E-state index in [4.69, 9.17) is 4.74 Å². The fourth-order valence-corrected chi connectivity index (χ4v) is 5.02. The van der Waals surface area contributed by atoms with Gasteiger partial charge in [0.2, 0.25) is 0 Å². The van der Waals surface area contributed by atoms with Crippen LogP contribution in [0, 0.1) is 5.41 Å². The molecular formula is C33H51NO4. The Kier molecular flexibility index (Phi) is 15.0. The van der Waals surface area contributed by atoms with Crippen LogP contribution in [0.25, 0.3) is 0 Å². The highest BCUT2D eigenvalue weighted by Crippen LogP contribution is 2.33. The van der Waals surface area contributed by atoms with E-state index in [-0.39, 0.29) is 28.5 Å². The van der Waals surface area contributed by atoms with Crippen LogP contribution in [0.15, 0.2) is 36.0 Å². The average Bonchev–Trinajstić information content (AvgIpc) is 2.87. The van der Waals surface area contributed by atoms with Gasteiger partial charge >= 0.3 is 5.97 Å². The summed E-state index contributed by atoms with van der Waals surface area (Å²) in [6.07, 6.45) is 21.9. The van der Waals surface area contributed by atoms with Gasteiger partial charge in [0.15, 0.2) is 11.6 Å². The van der Waals surface area contributed by atoms with Crippen LogP contribution in [0.3, 0.4) is 0 Å². The van der Waals surface area contributed by atoms with Crippen molar-refractivity contribution in [3.8, 4) is 0 Å². The molecule has 2 rings (SSSR count). The van der Waals surface area contributed by atoms with Crippen LogP contribution in [-0.2, 0) is 14.3 Å². The molecule has 1 aliphatic carbocycles. The molecule has 0 aromatic heterocycles. The largest absolute Gasteiger partial charge is 0.462 e. The molecule has 0 unspecified atom stereocenters. The van der Waals surface area contributed by atoms with Gasteiger partial charge in [-0.25, -0.2) is 4.79 Å². The SMILES string of the molecule is CCCCCCCCCCCCCCCCCOC(=O)c1ccc(NC=C2C(=O)CC(C)(C)CC2=O)cc1. The Morgan fingerprint density at radius 1 is 0.763 bits per heavy atom. The molecule has 5 heteroatoms. The Hall–Kier alpha value is -2.43. The second-order valence-electron chi connectivity index (χ2n) is 11.7. The summed E-state index contributed by atoms with van der Waals surface area (Å²) >= 11 is 0. The van der Waals surface area contributed by atoms with Gasteiger partial charge in [-0.05, 0) is 36.1 Å². The number of carbonyl (C=O) groups excluding carboxylic acids is 3. The van der Waals surface area contributed by atoms with Crippen molar-refractivity contribution in [1.29, 1.82) is 0 Å². The van der Waals surface area contributed by atoms with E-state index >= 15 is 0 Å². The summed E-state index contributed by atoms with van der Waals surface area (Å²) in [6.45, 7) is 6.59. The number of anilines is 1. The van der Waals surface area contributed by atoms with Crippen molar-refractivity contribution in [2.75, 3.05) is 11.9 Å². The average molecular weight is 526 g/mol. The molecule has 0 bridgehead atoms. The van der Waals surface area contributed by atoms with Gasteiger partial charge in [0.1, 0.15) is 0 Å². The normalized spacial score (nSPS) is 15.0. The molecule has 1 aliphatic rings. The lowest BCUT2D eigenvalue weighted by atomic mass is 9.74. The number of ketones is 2. The van der Waals surface area contributed by atoms with Gasteiger partial charge in [0.25, 0.3) is 0 Å². The minimum absolute atomic E-state index is 0.127. The number of benzene rings is 1. The third-order valence-electron chi connectivity index (χ3n) is 7.36. The number of rotatable bonds is 19. The summed E-state index contributed by atoms with van der Waals surface area (Å²) < 4.78 is 5.42. The van der Waals surface area contributed by atoms with E-state index in [9.17, 15) is 14.4 Å². The van der Waals surface area contributed by atoms with Crippen LogP contribution in [0.1, 0.15) is 140 Å². The minimum atomic E-state index is -0.319. The van der Waals surface area contributed by atoms with Crippen LogP contribution in [0.5, 0.6) is 0 Å². The van der Waals surface area contributed by atoms with E-state index in [1.54, 1.807) is 24.3 Å². The molecule has 0 amide bonds. The Bertz CT molecular complexity index is 863. The smallest absolute Gasteiger partial charge is 0.338 e. The second-order valence-corrected chi connectivity index (χ2v) is 11.7. The van der Waals surface area contributed by atoms with E-state index < -0.39 is 0 Å². The number of nitrogens with one attached hydrogen (secondary N) is 1. The molecule has 1 N–H and O–H groups in total. The highest BCUT2D eigenvalue weighted by atomic mass is 16.5. The number of ether oxygens (including phenoxy) is 1. The summed E-state index contributed by atoms with van der Waals surface area (Å²) in [5, 5.41) is 3.01. The molecule has 1 fully saturated rings. The fourth-order valence-electron chi connectivity index (χ4n) is 5.02. The second kappa shape index (κ2) is 18.0. The Morgan fingerprint density at radius 2 is 1.21 bits per heavy atom. The molecule has 1 aromatic rings. The highest BCUT2D eigenvalue weighted by Gasteiger charge is 2.35. The first-order valence-corrected chi connectivity index (χ1v) is 15.1. The van der Waals surface area contributed by atoms with Crippen LogP contribution in [0.4, 0.5) is 5.69 Å². The molecule has 5 nitrogen and oxygen atoms in total. The molecule has 0 aliphatic heterocycles. The number of allylic oxidation sites excluding steroid dienone is 1. The monoisotopic (exact) mass is 525 g/mol. The van der Waals surface area contributed by atoms with Crippen molar-refractivity contribution < 1.29 is 19.1 Å². The first-order valence-electron chi connectivity index (χ1n) is 15.1. The maximum absolute atomic E-state index is 12.3. The number of carbonyl (C=O) groups is 3. The van der Waals surface area contributed by atoms with Crippen LogP contribution in [0.2, 0.25) is 0 Å². The van der Waals surface area contributed by atoms with Gasteiger partial charge in [0, 0.05) is 24.7 Å². The Morgan fingerprint density at radius 3 is 1.68 bits per heavy atom. The highest BCUT2D eigenvalue weighted by molar-refractivity contribution is 6.22. The van der Waals surface area contributed by atoms with Crippen molar-refractivity contribution >= 4 is 23.2 Å².